The number of hydrogen-bond acceptors (Lipinski definition) is 6. The normalized spacial score (nSPS) is 12.4. The molecule has 3 N–H and O–H groups in total. The van der Waals surface area contributed by atoms with E-state index in [1.54, 1.807) is 24.5 Å². The lowest BCUT2D eigenvalue weighted by atomic mass is 10.00. The van der Waals surface area contributed by atoms with Crippen LogP contribution in [0.2, 0.25) is 0 Å². The first-order chi connectivity index (χ1) is 24.5. The van der Waals surface area contributed by atoms with Gasteiger partial charge in [-0.2, -0.15) is 0 Å². The Bertz CT molecular complexity index is 1690. The highest BCUT2D eigenvalue weighted by molar-refractivity contribution is 5.98. The second-order valence-electron chi connectivity index (χ2n) is 13.8. The second-order valence-corrected chi connectivity index (χ2v) is 13.8. The molecule has 0 saturated carbocycles. The van der Waals surface area contributed by atoms with Gasteiger partial charge in [0.2, 0.25) is 5.91 Å². The second kappa shape index (κ2) is 19.4. The Morgan fingerprint density at radius 2 is 1.35 bits per heavy atom. The zero-order valence-corrected chi connectivity index (χ0v) is 30.5. The van der Waals surface area contributed by atoms with E-state index in [-0.39, 0.29) is 18.8 Å². The molecule has 0 aliphatic heterocycles. The quantitative estimate of drug-likeness (QED) is 0.0844. The maximum Gasteiger partial charge on any atom is 0.326 e. The summed E-state index contributed by atoms with van der Waals surface area (Å²) < 4.78 is 5.89. The summed E-state index contributed by atoms with van der Waals surface area (Å²) in [5.74, 6) is -0.309. The molecule has 1 aromatic heterocycles. The highest BCUT2D eigenvalue weighted by atomic mass is 16.5. The molecule has 0 radical (unpaired) electrons. The molecule has 9 nitrogen and oxygen atoms in total. The van der Waals surface area contributed by atoms with E-state index in [2.05, 4.69) is 41.4 Å². The summed E-state index contributed by atoms with van der Waals surface area (Å²) in [5, 5.41) is 15.2. The van der Waals surface area contributed by atoms with Gasteiger partial charge in [-0.1, -0.05) is 109 Å². The molecule has 0 spiro atoms. The number of ether oxygens (including phenoxy) is 1. The highest BCUT2D eigenvalue weighted by Crippen LogP contribution is 2.24. The Balaban J connectivity index is 1.42. The number of carbonyl (C=O) groups is 3. The number of amides is 2. The Kier molecular flexibility index (Phi) is 14.7. The lowest BCUT2D eigenvalue weighted by molar-refractivity contribution is -0.142. The van der Waals surface area contributed by atoms with E-state index < -0.39 is 29.9 Å². The van der Waals surface area contributed by atoms with Crippen molar-refractivity contribution in [1.82, 2.24) is 20.6 Å². The fraction of sp³-hybridized carbons (Fsp3) is 0.405. The molecule has 0 saturated heterocycles. The molecule has 4 aromatic rings. The zero-order valence-electron chi connectivity index (χ0n) is 30.5. The number of unbranched alkanes of at least 4 members (excludes halogenated alkanes) is 4. The van der Waals surface area contributed by atoms with Crippen molar-refractivity contribution in [3.05, 3.63) is 102 Å². The molecule has 9 heteroatoms. The van der Waals surface area contributed by atoms with Crippen molar-refractivity contribution in [2.45, 2.75) is 97.6 Å². The van der Waals surface area contributed by atoms with Crippen LogP contribution in [0, 0.1) is 5.92 Å². The third-order valence-corrected chi connectivity index (χ3v) is 8.79. The standard InChI is InChI=1S/C42H52N4O5/c1-6-7-8-9-10-23-51-36-21-19-32(20-22-36)35-26-43-39(44-27-35)33-13-11-30(12-14-33)25-37(41(48)46-38(42(49)50)24-28(2)3)45-40(47)34-17-15-31(16-18-34)29(4)5/h11-22,26-29,37-38H,6-10,23-25H2,1-5H3,(H,45,47)(H,46,48)(H,49,50)/t37?,38-/m1/s1. The van der Waals surface area contributed by atoms with E-state index >= 15 is 0 Å². The number of carboxylic acids is 1. The smallest absolute Gasteiger partial charge is 0.326 e. The van der Waals surface area contributed by atoms with Gasteiger partial charge in [-0.05, 0) is 65.6 Å². The molecule has 1 unspecified atom stereocenters. The van der Waals surface area contributed by atoms with Gasteiger partial charge in [-0.3, -0.25) is 9.59 Å². The van der Waals surface area contributed by atoms with Crippen molar-refractivity contribution in [3.63, 3.8) is 0 Å². The van der Waals surface area contributed by atoms with Gasteiger partial charge in [-0.15, -0.1) is 0 Å². The van der Waals surface area contributed by atoms with Crippen LogP contribution in [-0.2, 0) is 16.0 Å². The number of aromatic nitrogens is 2. The third-order valence-electron chi connectivity index (χ3n) is 8.79. The maximum atomic E-state index is 13.5. The minimum absolute atomic E-state index is 0.0533. The molecule has 270 valence electrons. The van der Waals surface area contributed by atoms with Gasteiger partial charge in [0, 0.05) is 35.5 Å². The lowest BCUT2D eigenvalue weighted by Gasteiger charge is -2.23. The van der Waals surface area contributed by atoms with E-state index in [9.17, 15) is 19.5 Å². The molecule has 0 bridgehead atoms. The van der Waals surface area contributed by atoms with Crippen LogP contribution in [-0.4, -0.2) is 51.5 Å². The van der Waals surface area contributed by atoms with Crippen LogP contribution in [0.4, 0.5) is 0 Å². The fourth-order valence-electron chi connectivity index (χ4n) is 5.73. The molecule has 0 fully saturated rings. The van der Waals surface area contributed by atoms with Gasteiger partial charge in [0.1, 0.15) is 17.8 Å². The van der Waals surface area contributed by atoms with Crippen LogP contribution in [0.3, 0.4) is 0 Å². The van der Waals surface area contributed by atoms with Gasteiger partial charge in [-0.25, -0.2) is 14.8 Å². The average molecular weight is 693 g/mol. The van der Waals surface area contributed by atoms with Gasteiger partial charge in [0.15, 0.2) is 5.82 Å². The van der Waals surface area contributed by atoms with Crippen molar-refractivity contribution >= 4 is 17.8 Å². The van der Waals surface area contributed by atoms with Crippen LogP contribution in [0.5, 0.6) is 5.75 Å². The van der Waals surface area contributed by atoms with Crippen molar-refractivity contribution in [3.8, 4) is 28.3 Å². The first-order valence-corrected chi connectivity index (χ1v) is 18.1. The first kappa shape index (κ1) is 38.7. The number of nitrogens with zero attached hydrogens (tertiary/aromatic N) is 2. The van der Waals surface area contributed by atoms with Crippen molar-refractivity contribution in [2.75, 3.05) is 6.61 Å². The largest absolute Gasteiger partial charge is 0.494 e. The Morgan fingerprint density at radius 3 is 1.94 bits per heavy atom. The molecule has 51 heavy (non-hydrogen) atoms. The van der Waals surface area contributed by atoms with Gasteiger partial charge in [0.05, 0.1) is 6.61 Å². The van der Waals surface area contributed by atoms with E-state index in [0.29, 0.717) is 17.3 Å². The number of nitrogens with one attached hydrogen (secondary N) is 2. The molecule has 0 aliphatic carbocycles. The summed E-state index contributed by atoms with van der Waals surface area (Å²) >= 11 is 0. The lowest BCUT2D eigenvalue weighted by Crippen LogP contribution is -2.52. The molecule has 1 heterocycles. The summed E-state index contributed by atoms with van der Waals surface area (Å²) in [5.41, 5.74) is 4.98. The minimum Gasteiger partial charge on any atom is -0.494 e. The van der Waals surface area contributed by atoms with Gasteiger partial charge >= 0.3 is 5.97 Å². The Morgan fingerprint density at radius 1 is 0.725 bits per heavy atom. The number of carbonyl (C=O) groups excluding carboxylic acids is 2. The molecular weight excluding hydrogens is 640 g/mol. The number of carboxylic acid groups (broad SMARTS) is 1. The summed E-state index contributed by atoms with van der Waals surface area (Å²) in [7, 11) is 0. The predicted molar refractivity (Wildman–Crippen MR) is 202 cm³/mol. The number of benzene rings is 3. The summed E-state index contributed by atoms with van der Waals surface area (Å²) in [6, 6.07) is 20.6. The molecule has 3 aromatic carbocycles. The molecular formula is C42H52N4O5. The minimum atomic E-state index is -1.11. The van der Waals surface area contributed by atoms with Crippen LogP contribution < -0.4 is 15.4 Å². The predicted octanol–water partition coefficient (Wildman–Crippen LogP) is 8.24. The Labute approximate surface area is 302 Å². The van der Waals surface area contributed by atoms with Crippen LogP contribution in [0.1, 0.15) is 101 Å². The van der Waals surface area contributed by atoms with Gasteiger partial charge < -0.3 is 20.5 Å². The molecule has 2 atom stereocenters. The van der Waals surface area contributed by atoms with Crippen molar-refractivity contribution < 1.29 is 24.2 Å². The van der Waals surface area contributed by atoms with E-state index in [4.69, 9.17) is 4.74 Å². The maximum absolute atomic E-state index is 13.5. The number of aliphatic carboxylic acids is 1. The van der Waals surface area contributed by atoms with Crippen molar-refractivity contribution in [1.29, 1.82) is 0 Å². The van der Waals surface area contributed by atoms with Crippen LogP contribution in [0.15, 0.2) is 85.2 Å². The summed E-state index contributed by atoms with van der Waals surface area (Å²) in [4.78, 5) is 47.9. The monoisotopic (exact) mass is 692 g/mol. The Hall–Kier alpha value is -5.05. The molecule has 0 aliphatic rings. The highest BCUT2D eigenvalue weighted by Gasteiger charge is 2.28. The van der Waals surface area contributed by atoms with E-state index in [1.807, 2.05) is 74.5 Å². The summed E-state index contributed by atoms with van der Waals surface area (Å²) in [6.45, 7) is 10.9. The van der Waals surface area contributed by atoms with E-state index in [1.165, 1.54) is 25.7 Å². The average Bonchev–Trinajstić information content (AvgIpc) is 3.13. The van der Waals surface area contributed by atoms with Crippen molar-refractivity contribution in [2.24, 2.45) is 5.92 Å². The van der Waals surface area contributed by atoms with Crippen LogP contribution >= 0.6 is 0 Å². The third kappa shape index (κ3) is 12.1. The zero-order chi connectivity index (χ0) is 36.8. The first-order valence-electron chi connectivity index (χ1n) is 18.1. The molecule has 4 rings (SSSR count). The van der Waals surface area contributed by atoms with Crippen LogP contribution in [0.25, 0.3) is 22.5 Å². The van der Waals surface area contributed by atoms with Gasteiger partial charge in [0.25, 0.3) is 5.91 Å². The fourth-order valence-corrected chi connectivity index (χ4v) is 5.73. The number of hydrogen-bond donors (Lipinski definition) is 3. The number of rotatable bonds is 19. The van der Waals surface area contributed by atoms with E-state index in [0.717, 1.165) is 46.6 Å². The topological polar surface area (TPSA) is 131 Å². The SMILES string of the molecule is CCCCCCCOc1ccc(-c2cnc(-c3ccc(CC(NC(=O)c4ccc(C(C)C)cc4)C(=O)N[C@H](CC(C)C)C(=O)O)cc3)nc2)cc1. The summed E-state index contributed by atoms with van der Waals surface area (Å²) in [6.07, 6.45) is 10.0. The molecule has 2 amide bonds.